The molecule has 0 saturated heterocycles. The van der Waals surface area contributed by atoms with Gasteiger partial charge in [0.2, 0.25) is 11.8 Å². The Balaban J connectivity index is 1.48. The normalized spacial score (nSPS) is 13.5. The fourth-order valence-electron chi connectivity index (χ4n) is 2.50. The highest BCUT2D eigenvalue weighted by Gasteiger charge is 2.30. The Kier molecular flexibility index (Phi) is 5.81. The second kappa shape index (κ2) is 8.25. The van der Waals surface area contributed by atoms with Crippen molar-refractivity contribution in [2.45, 2.75) is 45.4 Å². The van der Waals surface area contributed by atoms with Crippen LogP contribution in [0.2, 0.25) is 0 Å². The Hall–Kier alpha value is -2.21. The number of hydrogen-bond donors (Lipinski definition) is 2. The van der Waals surface area contributed by atoms with E-state index in [2.05, 4.69) is 34.7 Å². The van der Waals surface area contributed by atoms with Gasteiger partial charge in [0.15, 0.2) is 5.13 Å². The first kappa shape index (κ1) is 17.6. The summed E-state index contributed by atoms with van der Waals surface area (Å²) in [4.78, 5) is 28.2. The van der Waals surface area contributed by atoms with Crippen molar-refractivity contribution < 1.29 is 9.59 Å². The molecule has 1 aliphatic rings. The van der Waals surface area contributed by atoms with E-state index in [-0.39, 0.29) is 24.2 Å². The molecule has 0 radical (unpaired) electrons. The first-order valence-corrected chi connectivity index (χ1v) is 9.66. The van der Waals surface area contributed by atoms with Gasteiger partial charge in [-0.15, -0.1) is 11.3 Å². The van der Waals surface area contributed by atoms with E-state index in [0.29, 0.717) is 10.8 Å². The lowest BCUT2D eigenvalue weighted by molar-refractivity contribution is -0.117. The van der Waals surface area contributed by atoms with Gasteiger partial charge >= 0.3 is 0 Å². The molecule has 0 bridgehead atoms. The molecule has 0 spiro atoms. The third-order valence-electron chi connectivity index (χ3n) is 4.13. The molecule has 1 aliphatic carbocycles. The van der Waals surface area contributed by atoms with Crippen molar-refractivity contribution in [1.82, 2.24) is 4.98 Å². The minimum Gasteiger partial charge on any atom is -0.326 e. The van der Waals surface area contributed by atoms with Gasteiger partial charge in [0.1, 0.15) is 0 Å². The van der Waals surface area contributed by atoms with E-state index in [0.717, 1.165) is 24.9 Å². The molecule has 5 nitrogen and oxygen atoms in total. The number of unbranched alkanes of at least 4 members (excludes halogenated alkanes) is 1. The summed E-state index contributed by atoms with van der Waals surface area (Å²) in [7, 11) is 0. The summed E-state index contributed by atoms with van der Waals surface area (Å²) in [6, 6.07) is 7.98. The lowest BCUT2D eigenvalue weighted by atomic mass is 10.1. The number of amides is 2. The number of nitrogens with zero attached hydrogens (tertiary/aromatic N) is 1. The molecule has 2 amide bonds. The molecule has 1 aromatic carbocycles. The van der Waals surface area contributed by atoms with E-state index in [9.17, 15) is 9.59 Å². The molecule has 2 N–H and O–H groups in total. The van der Waals surface area contributed by atoms with E-state index >= 15 is 0 Å². The van der Waals surface area contributed by atoms with Crippen molar-refractivity contribution in [2.24, 2.45) is 5.92 Å². The molecule has 1 aromatic heterocycles. The molecule has 0 atom stereocenters. The average Bonchev–Trinajstić information content (AvgIpc) is 3.37. The Morgan fingerprint density at radius 1 is 1.20 bits per heavy atom. The molecule has 132 valence electrons. The maximum absolute atomic E-state index is 12.2. The van der Waals surface area contributed by atoms with Crippen LogP contribution >= 0.6 is 11.3 Å². The van der Waals surface area contributed by atoms with Gasteiger partial charge in [0, 0.05) is 17.0 Å². The zero-order chi connectivity index (χ0) is 17.6. The monoisotopic (exact) mass is 357 g/mol. The summed E-state index contributed by atoms with van der Waals surface area (Å²) in [5.41, 5.74) is 2.76. The maximum atomic E-state index is 12.2. The number of carbonyl (C=O) groups excluding carboxylic acids is 2. The van der Waals surface area contributed by atoms with Crippen molar-refractivity contribution in [3.05, 3.63) is 40.9 Å². The van der Waals surface area contributed by atoms with Gasteiger partial charge in [0.05, 0.1) is 12.1 Å². The molecule has 6 heteroatoms. The molecular formula is C19H23N3O2S. The number of nitrogens with one attached hydrogen (secondary N) is 2. The number of aryl methyl sites for hydroxylation is 1. The zero-order valence-electron chi connectivity index (χ0n) is 14.4. The molecular weight excluding hydrogens is 334 g/mol. The van der Waals surface area contributed by atoms with Crippen molar-refractivity contribution in [3.8, 4) is 0 Å². The van der Waals surface area contributed by atoms with Gasteiger partial charge in [0.25, 0.3) is 0 Å². The average molecular weight is 357 g/mol. The molecule has 1 saturated carbocycles. The largest absolute Gasteiger partial charge is 0.326 e. The predicted molar refractivity (Wildman–Crippen MR) is 101 cm³/mol. The lowest BCUT2D eigenvalue weighted by Gasteiger charge is -2.06. The van der Waals surface area contributed by atoms with Gasteiger partial charge in [-0.2, -0.15) is 0 Å². The van der Waals surface area contributed by atoms with E-state index in [1.165, 1.54) is 29.7 Å². The van der Waals surface area contributed by atoms with Crippen molar-refractivity contribution in [2.75, 3.05) is 10.6 Å². The SMILES string of the molecule is CCCCc1ccc(NC(=O)Cc2csc(NC(=O)C3CC3)n2)cc1. The summed E-state index contributed by atoms with van der Waals surface area (Å²) in [6.45, 7) is 2.18. The minimum absolute atomic E-state index is 0.0357. The van der Waals surface area contributed by atoms with E-state index in [1.807, 2.05) is 17.5 Å². The Morgan fingerprint density at radius 2 is 1.96 bits per heavy atom. The van der Waals surface area contributed by atoms with Crippen LogP contribution in [-0.2, 0) is 22.4 Å². The quantitative estimate of drug-likeness (QED) is 0.750. The van der Waals surface area contributed by atoms with Gasteiger partial charge in [-0.25, -0.2) is 4.98 Å². The third kappa shape index (κ3) is 5.39. The van der Waals surface area contributed by atoms with Crippen LogP contribution in [0.4, 0.5) is 10.8 Å². The lowest BCUT2D eigenvalue weighted by Crippen LogP contribution is -2.15. The van der Waals surface area contributed by atoms with Crippen LogP contribution in [0.15, 0.2) is 29.6 Å². The molecule has 3 rings (SSSR count). The van der Waals surface area contributed by atoms with Crippen LogP contribution in [-0.4, -0.2) is 16.8 Å². The van der Waals surface area contributed by atoms with E-state index < -0.39 is 0 Å². The first-order valence-electron chi connectivity index (χ1n) is 8.78. The fraction of sp³-hybridized carbons (Fsp3) is 0.421. The summed E-state index contributed by atoms with van der Waals surface area (Å²) < 4.78 is 0. The van der Waals surface area contributed by atoms with Crippen molar-refractivity contribution >= 4 is 34.0 Å². The van der Waals surface area contributed by atoms with Crippen molar-refractivity contribution in [1.29, 1.82) is 0 Å². The highest BCUT2D eigenvalue weighted by atomic mass is 32.1. The summed E-state index contributed by atoms with van der Waals surface area (Å²) in [6.07, 6.45) is 5.55. The molecule has 25 heavy (non-hydrogen) atoms. The zero-order valence-corrected chi connectivity index (χ0v) is 15.2. The highest BCUT2D eigenvalue weighted by molar-refractivity contribution is 7.13. The van der Waals surface area contributed by atoms with Gasteiger partial charge in [-0.3, -0.25) is 9.59 Å². The summed E-state index contributed by atoms with van der Waals surface area (Å²) in [5.74, 6) is 0.0798. The number of hydrogen-bond acceptors (Lipinski definition) is 4. The Bertz CT molecular complexity index is 735. The van der Waals surface area contributed by atoms with Crippen LogP contribution in [0, 0.1) is 5.92 Å². The molecule has 2 aromatic rings. The smallest absolute Gasteiger partial charge is 0.230 e. The number of anilines is 2. The number of carbonyl (C=O) groups is 2. The maximum Gasteiger partial charge on any atom is 0.230 e. The van der Waals surface area contributed by atoms with Gasteiger partial charge in [-0.05, 0) is 43.4 Å². The second-order valence-corrected chi connectivity index (χ2v) is 7.29. The number of rotatable bonds is 8. The predicted octanol–water partition coefficient (Wildman–Crippen LogP) is 4.02. The van der Waals surface area contributed by atoms with Gasteiger partial charge < -0.3 is 10.6 Å². The minimum atomic E-state index is -0.105. The van der Waals surface area contributed by atoms with Crippen LogP contribution in [0.25, 0.3) is 0 Å². The summed E-state index contributed by atoms with van der Waals surface area (Å²) in [5, 5.41) is 8.08. The number of aromatic nitrogens is 1. The van der Waals surface area contributed by atoms with Crippen LogP contribution in [0.3, 0.4) is 0 Å². The molecule has 0 aliphatic heterocycles. The number of thiazole rings is 1. The van der Waals surface area contributed by atoms with Crippen LogP contribution in [0.1, 0.15) is 43.9 Å². The third-order valence-corrected chi connectivity index (χ3v) is 4.93. The van der Waals surface area contributed by atoms with E-state index in [1.54, 1.807) is 0 Å². The number of benzene rings is 1. The Morgan fingerprint density at radius 3 is 2.64 bits per heavy atom. The topological polar surface area (TPSA) is 71.1 Å². The highest BCUT2D eigenvalue weighted by Crippen LogP contribution is 2.30. The van der Waals surface area contributed by atoms with Crippen LogP contribution < -0.4 is 10.6 Å². The molecule has 1 heterocycles. The fourth-order valence-corrected chi connectivity index (χ4v) is 3.22. The Labute approximate surface area is 151 Å². The van der Waals surface area contributed by atoms with Gasteiger partial charge in [-0.1, -0.05) is 25.5 Å². The summed E-state index contributed by atoms with van der Waals surface area (Å²) >= 11 is 1.36. The van der Waals surface area contributed by atoms with Crippen molar-refractivity contribution in [3.63, 3.8) is 0 Å². The standard InChI is InChI=1S/C19H23N3O2S/c1-2-3-4-13-5-9-15(10-6-13)20-17(23)11-16-12-25-19(21-16)22-18(24)14-7-8-14/h5-6,9-10,12,14H,2-4,7-8,11H2,1H3,(H,20,23)(H,21,22,24). The van der Waals surface area contributed by atoms with E-state index in [4.69, 9.17) is 0 Å². The first-order chi connectivity index (χ1) is 12.1. The molecule has 1 fully saturated rings. The second-order valence-electron chi connectivity index (χ2n) is 6.43. The van der Waals surface area contributed by atoms with Crippen LogP contribution in [0.5, 0.6) is 0 Å². The molecule has 0 unspecified atom stereocenters.